The topological polar surface area (TPSA) is 84.5 Å². The van der Waals surface area contributed by atoms with E-state index in [1.165, 1.54) is 24.8 Å². The fraction of sp³-hybridized carbons (Fsp3) is 0.444. The van der Waals surface area contributed by atoms with Crippen LogP contribution in [0.25, 0.3) is 0 Å². The Hall–Kier alpha value is -3.15. The molecule has 6 heteroatoms. The highest BCUT2D eigenvalue weighted by molar-refractivity contribution is 5.96. The van der Waals surface area contributed by atoms with Gasteiger partial charge in [0, 0.05) is 30.1 Å². The van der Waals surface area contributed by atoms with Gasteiger partial charge in [-0.25, -0.2) is 0 Å². The maximum Gasteiger partial charge on any atom is 0.305 e. The van der Waals surface area contributed by atoms with Crippen molar-refractivity contribution in [3.63, 3.8) is 0 Å². The van der Waals surface area contributed by atoms with E-state index in [0.29, 0.717) is 24.3 Å². The van der Waals surface area contributed by atoms with Gasteiger partial charge in [0.05, 0.1) is 6.61 Å². The zero-order valence-corrected chi connectivity index (χ0v) is 19.2. The van der Waals surface area contributed by atoms with Crippen molar-refractivity contribution in [1.82, 2.24) is 5.32 Å². The van der Waals surface area contributed by atoms with Crippen LogP contribution in [0.2, 0.25) is 0 Å². The van der Waals surface area contributed by atoms with Crippen molar-refractivity contribution in [2.45, 2.75) is 70.3 Å². The molecule has 1 saturated carbocycles. The highest BCUT2D eigenvalue weighted by Gasteiger charge is 2.16. The summed E-state index contributed by atoms with van der Waals surface area (Å²) < 4.78 is 5.25. The number of rotatable bonds is 11. The fourth-order valence-corrected chi connectivity index (χ4v) is 4.02. The monoisotopic (exact) mass is 450 g/mol. The van der Waals surface area contributed by atoms with Gasteiger partial charge in [0.15, 0.2) is 0 Å². The molecule has 2 aromatic rings. The average molecular weight is 451 g/mol. The maximum atomic E-state index is 12.4. The first kappa shape index (κ1) is 24.5. The first-order chi connectivity index (χ1) is 16.1. The molecule has 176 valence electrons. The number of hydrogen-bond acceptors (Lipinski definition) is 4. The van der Waals surface area contributed by atoms with E-state index in [4.69, 9.17) is 4.74 Å². The highest BCUT2D eigenvalue weighted by Crippen LogP contribution is 2.18. The van der Waals surface area contributed by atoms with Crippen LogP contribution in [-0.4, -0.2) is 30.4 Å². The second-order valence-corrected chi connectivity index (χ2v) is 8.60. The third kappa shape index (κ3) is 9.08. The molecule has 0 spiro atoms. The van der Waals surface area contributed by atoms with Crippen molar-refractivity contribution in [3.05, 3.63) is 65.7 Å². The van der Waals surface area contributed by atoms with Gasteiger partial charge in [-0.1, -0.05) is 49.6 Å². The van der Waals surface area contributed by atoms with Crippen LogP contribution in [0.1, 0.15) is 73.7 Å². The second-order valence-electron chi connectivity index (χ2n) is 8.60. The van der Waals surface area contributed by atoms with Crippen LogP contribution in [0.15, 0.2) is 54.6 Å². The molecular formula is C27H34N2O4. The molecule has 2 N–H and O–H groups in total. The van der Waals surface area contributed by atoms with Crippen molar-refractivity contribution >= 4 is 23.5 Å². The number of esters is 1. The van der Waals surface area contributed by atoms with Crippen molar-refractivity contribution in [1.29, 1.82) is 0 Å². The number of carbonyl (C=O) groups excluding carboxylic acids is 3. The summed E-state index contributed by atoms with van der Waals surface area (Å²) in [6.45, 7) is 0.389. The molecular weight excluding hydrogens is 416 g/mol. The predicted octanol–water partition coefficient (Wildman–Crippen LogP) is 5.03. The van der Waals surface area contributed by atoms with Crippen LogP contribution in [-0.2, 0) is 20.7 Å². The van der Waals surface area contributed by atoms with Gasteiger partial charge in [-0.05, 0) is 61.9 Å². The lowest BCUT2D eigenvalue weighted by molar-refractivity contribution is -0.143. The van der Waals surface area contributed by atoms with Crippen molar-refractivity contribution < 1.29 is 19.1 Å². The van der Waals surface area contributed by atoms with Gasteiger partial charge < -0.3 is 15.4 Å². The number of amides is 2. The highest BCUT2D eigenvalue weighted by atomic mass is 16.5. The van der Waals surface area contributed by atoms with Gasteiger partial charge in [0.2, 0.25) is 5.91 Å². The number of aryl methyl sites for hydroxylation is 1. The Balaban J connectivity index is 1.28. The van der Waals surface area contributed by atoms with Crippen LogP contribution in [0.5, 0.6) is 0 Å². The molecule has 0 aliphatic heterocycles. The van der Waals surface area contributed by atoms with E-state index in [1.807, 2.05) is 18.2 Å². The molecule has 0 bridgehead atoms. The molecule has 33 heavy (non-hydrogen) atoms. The molecule has 2 aromatic carbocycles. The van der Waals surface area contributed by atoms with Crippen LogP contribution in [0.3, 0.4) is 0 Å². The number of ether oxygens (including phenoxy) is 1. The third-order valence-corrected chi connectivity index (χ3v) is 5.87. The number of nitrogens with one attached hydrogen (secondary N) is 2. The predicted molar refractivity (Wildman–Crippen MR) is 129 cm³/mol. The lowest BCUT2D eigenvalue weighted by Gasteiger charge is -2.22. The van der Waals surface area contributed by atoms with Gasteiger partial charge >= 0.3 is 5.97 Å². The smallest absolute Gasteiger partial charge is 0.305 e. The Morgan fingerprint density at radius 1 is 0.848 bits per heavy atom. The van der Waals surface area contributed by atoms with Crippen molar-refractivity contribution in [2.75, 3.05) is 11.9 Å². The maximum absolute atomic E-state index is 12.4. The number of anilines is 1. The molecule has 1 aliphatic rings. The minimum atomic E-state index is -0.274. The summed E-state index contributed by atoms with van der Waals surface area (Å²) in [5.41, 5.74) is 2.45. The van der Waals surface area contributed by atoms with Crippen LogP contribution in [0.4, 0.5) is 5.69 Å². The molecule has 1 fully saturated rings. The van der Waals surface area contributed by atoms with E-state index < -0.39 is 0 Å². The van der Waals surface area contributed by atoms with Crippen molar-refractivity contribution in [2.24, 2.45) is 0 Å². The van der Waals surface area contributed by atoms with E-state index in [2.05, 4.69) is 22.8 Å². The summed E-state index contributed by atoms with van der Waals surface area (Å²) in [7, 11) is 0. The molecule has 0 radical (unpaired) electrons. The Morgan fingerprint density at radius 3 is 2.30 bits per heavy atom. The van der Waals surface area contributed by atoms with Gasteiger partial charge in [-0.2, -0.15) is 0 Å². The van der Waals surface area contributed by atoms with E-state index in [9.17, 15) is 14.4 Å². The lowest BCUT2D eigenvalue weighted by Crippen LogP contribution is -2.36. The first-order valence-electron chi connectivity index (χ1n) is 12.0. The molecule has 1 aliphatic carbocycles. The van der Waals surface area contributed by atoms with Gasteiger partial charge in [-0.15, -0.1) is 0 Å². The first-order valence-corrected chi connectivity index (χ1v) is 12.0. The minimum absolute atomic E-state index is 0.0675. The molecule has 6 nitrogen and oxygen atoms in total. The Labute approximate surface area is 196 Å². The molecule has 0 saturated heterocycles. The summed E-state index contributed by atoms with van der Waals surface area (Å²) in [5.74, 6) is -0.502. The van der Waals surface area contributed by atoms with Gasteiger partial charge in [0.1, 0.15) is 0 Å². The van der Waals surface area contributed by atoms with Crippen LogP contribution in [0, 0.1) is 0 Å². The molecule has 0 atom stereocenters. The largest absolute Gasteiger partial charge is 0.466 e. The number of benzene rings is 2. The Kier molecular flexibility index (Phi) is 9.95. The average Bonchev–Trinajstić information content (AvgIpc) is 2.83. The molecule has 2 amide bonds. The summed E-state index contributed by atoms with van der Waals surface area (Å²) in [5, 5.41) is 5.90. The van der Waals surface area contributed by atoms with Gasteiger partial charge in [-0.3, -0.25) is 14.4 Å². The van der Waals surface area contributed by atoms with E-state index in [1.54, 1.807) is 24.3 Å². The minimum Gasteiger partial charge on any atom is -0.466 e. The summed E-state index contributed by atoms with van der Waals surface area (Å²) in [6.07, 6.45) is 8.22. The molecule has 3 rings (SSSR count). The normalized spacial score (nSPS) is 13.8. The van der Waals surface area contributed by atoms with Crippen molar-refractivity contribution in [3.8, 4) is 0 Å². The Morgan fingerprint density at radius 2 is 1.58 bits per heavy atom. The van der Waals surface area contributed by atoms with E-state index >= 15 is 0 Å². The summed E-state index contributed by atoms with van der Waals surface area (Å²) in [4.78, 5) is 36.4. The zero-order chi connectivity index (χ0) is 23.3. The summed E-state index contributed by atoms with van der Waals surface area (Å²) in [6, 6.07) is 17.3. The molecule has 0 unspecified atom stereocenters. The van der Waals surface area contributed by atoms with Gasteiger partial charge in [0.25, 0.3) is 5.91 Å². The quantitative estimate of drug-likeness (QED) is 0.371. The Bertz CT molecular complexity index is 890. The zero-order valence-electron chi connectivity index (χ0n) is 19.2. The summed E-state index contributed by atoms with van der Waals surface area (Å²) >= 11 is 0. The van der Waals surface area contributed by atoms with Crippen LogP contribution < -0.4 is 10.6 Å². The molecule has 0 heterocycles. The van der Waals surface area contributed by atoms with Crippen LogP contribution >= 0.6 is 0 Å². The lowest BCUT2D eigenvalue weighted by atomic mass is 9.95. The third-order valence-electron chi connectivity index (χ3n) is 5.87. The second kappa shape index (κ2) is 13.4. The van der Waals surface area contributed by atoms with E-state index in [-0.39, 0.29) is 36.7 Å². The number of hydrogen-bond donors (Lipinski definition) is 2. The SMILES string of the molecule is O=C(CCCC(=O)OCCCc1ccccc1)Nc1ccc(C(=O)NC2CCCCC2)cc1. The van der Waals surface area contributed by atoms with E-state index in [0.717, 1.165) is 25.7 Å². The fourth-order valence-electron chi connectivity index (χ4n) is 4.02. The number of carbonyl (C=O) groups is 3. The standard InChI is InChI=1S/C27H34N2O4/c30-25(14-7-15-26(31)33-20-8-11-21-9-3-1-4-10-21)28-24-18-16-22(17-19-24)27(32)29-23-12-5-2-6-13-23/h1,3-4,9-10,16-19,23H,2,5-8,11-15,20H2,(H,28,30)(H,29,32). The molecule has 0 aromatic heterocycles.